The van der Waals surface area contributed by atoms with Crippen LogP contribution in [-0.2, 0) is 9.53 Å². The lowest BCUT2D eigenvalue weighted by molar-refractivity contribution is -0.145. The average Bonchev–Trinajstić information content (AvgIpc) is 3.42. The Morgan fingerprint density at radius 3 is 2.75 bits per heavy atom. The summed E-state index contributed by atoms with van der Waals surface area (Å²) in [7, 11) is 1.46. The summed E-state index contributed by atoms with van der Waals surface area (Å²) in [5.41, 5.74) is 0. The second-order valence-corrected chi connectivity index (χ2v) is 7.48. The molecule has 1 N–H and O–H groups in total. The van der Waals surface area contributed by atoms with Gasteiger partial charge >= 0.3 is 5.97 Å². The van der Waals surface area contributed by atoms with Gasteiger partial charge < -0.3 is 19.4 Å². The molecule has 2 aliphatic rings. The van der Waals surface area contributed by atoms with Crippen LogP contribution in [-0.4, -0.2) is 68.1 Å². The SMILES string of the molecule is CCNC(=NCC(c1ccco1)N1CCCC1)N1CC(C)C(C(=O)OC)C1.I. The van der Waals surface area contributed by atoms with Crippen molar-refractivity contribution in [2.75, 3.05) is 46.4 Å². The number of carbonyl (C=O) groups excluding carboxylic acids is 1. The van der Waals surface area contributed by atoms with Gasteiger partial charge in [0.25, 0.3) is 0 Å². The molecule has 28 heavy (non-hydrogen) atoms. The van der Waals surface area contributed by atoms with Crippen LogP contribution in [0.5, 0.6) is 0 Å². The fourth-order valence-corrected chi connectivity index (χ4v) is 4.12. The zero-order valence-corrected chi connectivity index (χ0v) is 19.4. The fraction of sp³-hybridized carbons (Fsp3) is 0.700. The molecule has 1 aromatic rings. The van der Waals surface area contributed by atoms with Gasteiger partial charge in [-0.1, -0.05) is 6.92 Å². The smallest absolute Gasteiger partial charge is 0.310 e. The third-order valence-electron chi connectivity index (χ3n) is 5.62. The summed E-state index contributed by atoms with van der Waals surface area (Å²) in [6, 6.07) is 4.14. The standard InChI is InChI=1S/C20H32N4O3.HI/c1-4-21-20(24-13-15(2)16(14-24)19(25)26-3)22-12-17(18-8-7-11-27-18)23-9-5-6-10-23;/h7-8,11,15-17H,4-6,9-10,12-14H2,1-3H3,(H,21,22);1H. The van der Waals surface area contributed by atoms with Crippen LogP contribution < -0.4 is 5.32 Å². The Labute approximate surface area is 184 Å². The van der Waals surface area contributed by atoms with E-state index in [0.717, 1.165) is 37.9 Å². The van der Waals surface area contributed by atoms with E-state index in [4.69, 9.17) is 14.1 Å². The van der Waals surface area contributed by atoms with E-state index in [2.05, 4.69) is 29.0 Å². The molecule has 2 fully saturated rings. The van der Waals surface area contributed by atoms with Crippen LogP contribution in [0, 0.1) is 11.8 Å². The van der Waals surface area contributed by atoms with Gasteiger partial charge in [-0.15, -0.1) is 24.0 Å². The van der Waals surface area contributed by atoms with Crippen LogP contribution in [0.3, 0.4) is 0 Å². The summed E-state index contributed by atoms with van der Waals surface area (Å²) in [5.74, 6) is 1.86. The van der Waals surface area contributed by atoms with E-state index < -0.39 is 0 Å². The number of furan rings is 1. The van der Waals surface area contributed by atoms with Crippen molar-refractivity contribution in [3.8, 4) is 0 Å². The molecule has 0 radical (unpaired) electrons. The van der Waals surface area contributed by atoms with Gasteiger partial charge in [0, 0.05) is 19.6 Å². The molecule has 3 heterocycles. The van der Waals surface area contributed by atoms with Crippen molar-refractivity contribution in [1.82, 2.24) is 15.1 Å². The molecule has 1 aromatic heterocycles. The van der Waals surface area contributed by atoms with Crippen LogP contribution in [0.4, 0.5) is 0 Å². The fourth-order valence-electron chi connectivity index (χ4n) is 4.12. The normalized spacial score (nSPS) is 24.1. The number of likely N-dealkylation sites (tertiary alicyclic amines) is 2. The molecule has 2 aliphatic heterocycles. The van der Waals surface area contributed by atoms with Gasteiger partial charge in [-0.2, -0.15) is 0 Å². The molecule has 8 heteroatoms. The zero-order valence-electron chi connectivity index (χ0n) is 17.1. The monoisotopic (exact) mass is 504 g/mol. The number of esters is 1. The van der Waals surface area contributed by atoms with Crippen molar-refractivity contribution in [1.29, 1.82) is 0 Å². The largest absolute Gasteiger partial charge is 0.469 e. The second kappa shape index (κ2) is 11.0. The first-order chi connectivity index (χ1) is 13.1. The van der Waals surface area contributed by atoms with Crippen molar-refractivity contribution in [2.24, 2.45) is 16.8 Å². The van der Waals surface area contributed by atoms with E-state index in [1.54, 1.807) is 6.26 Å². The number of hydrogen-bond acceptors (Lipinski definition) is 5. The topological polar surface area (TPSA) is 70.3 Å². The lowest BCUT2D eigenvalue weighted by atomic mass is 9.99. The number of hydrogen-bond donors (Lipinski definition) is 1. The van der Waals surface area contributed by atoms with Crippen LogP contribution in [0.1, 0.15) is 38.5 Å². The Balaban J connectivity index is 0.00000280. The van der Waals surface area contributed by atoms with E-state index >= 15 is 0 Å². The highest BCUT2D eigenvalue weighted by Gasteiger charge is 2.37. The first kappa shape index (κ1) is 23.0. The molecule has 7 nitrogen and oxygen atoms in total. The molecule has 158 valence electrons. The molecule has 0 spiro atoms. The van der Waals surface area contributed by atoms with Gasteiger partial charge in [-0.05, 0) is 50.9 Å². The van der Waals surface area contributed by atoms with E-state index in [-0.39, 0.29) is 47.8 Å². The Hall–Kier alpha value is -1.29. The maximum absolute atomic E-state index is 12.0. The Kier molecular flexibility index (Phi) is 9.07. The number of ether oxygens (including phenoxy) is 1. The highest BCUT2D eigenvalue weighted by atomic mass is 127. The first-order valence-corrected chi connectivity index (χ1v) is 10.0. The summed E-state index contributed by atoms with van der Waals surface area (Å²) in [4.78, 5) is 21.6. The van der Waals surface area contributed by atoms with Crippen molar-refractivity contribution < 1.29 is 13.9 Å². The van der Waals surface area contributed by atoms with Crippen LogP contribution >= 0.6 is 24.0 Å². The lowest BCUT2D eigenvalue weighted by Gasteiger charge is -2.26. The van der Waals surface area contributed by atoms with Crippen LogP contribution in [0.15, 0.2) is 27.8 Å². The highest BCUT2D eigenvalue weighted by Crippen LogP contribution is 2.27. The summed E-state index contributed by atoms with van der Waals surface area (Å²) < 4.78 is 10.7. The summed E-state index contributed by atoms with van der Waals surface area (Å²) in [6.07, 6.45) is 4.19. The number of methoxy groups -OCH3 is 1. The maximum atomic E-state index is 12.0. The molecule has 3 atom stereocenters. The third-order valence-corrected chi connectivity index (χ3v) is 5.62. The summed E-state index contributed by atoms with van der Waals surface area (Å²) in [6.45, 7) is 9.23. The number of halogens is 1. The lowest BCUT2D eigenvalue weighted by Crippen LogP contribution is -2.41. The van der Waals surface area contributed by atoms with Gasteiger partial charge in [0.1, 0.15) is 5.76 Å². The minimum atomic E-state index is -0.133. The quantitative estimate of drug-likeness (QED) is 0.278. The minimum absolute atomic E-state index is 0. The van der Waals surface area contributed by atoms with Crippen molar-refractivity contribution >= 4 is 35.9 Å². The van der Waals surface area contributed by atoms with E-state index in [0.29, 0.717) is 13.1 Å². The number of rotatable bonds is 6. The maximum Gasteiger partial charge on any atom is 0.310 e. The van der Waals surface area contributed by atoms with Crippen molar-refractivity contribution in [2.45, 2.75) is 32.7 Å². The van der Waals surface area contributed by atoms with Crippen LogP contribution in [0.25, 0.3) is 0 Å². The zero-order chi connectivity index (χ0) is 19.2. The Morgan fingerprint density at radius 2 is 2.14 bits per heavy atom. The molecule has 0 bridgehead atoms. The molecule has 0 amide bonds. The molecular weight excluding hydrogens is 471 g/mol. The predicted octanol–water partition coefficient (Wildman–Crippen LogP) is 2.74. The predicted molar refractivity (Wildman–Crippen MR) is 120 cm³/mol. The third kappa shape index (κ3) is 5.40. The number of nitrogens with zero attached hydrogens (tertiary/aromatic N) is 3. The van der Waals surface area contributed by atoms with E-state index in [1.807, 2.05) is 12.1 Å². The molecule has 0 saturated carbocycles. The number of carbonyl (C=O) groups is 1. The average molecular weight is 504 g/mol. The van der Waals surface area contributed by atoms with Gasteiger partial charge in [-0.25, -0.2) is 0 Å². The van der Waals surface area contributed by atoms with E-state index in [9.17, 15) is 4.79 Å². The Bertz CT molecular complexity index is 631. The number of nitrogens with one attached hydrogen (secondary N) is 1. The second-order valence-electron chi connectivity index (χ2n) is 7.48. The molecule has 2 saturated heterocycles. The van der Waals surface area contributed by atoms with E-state index in [1.165, 1.54) is 20.0 Å². The van der Waals surface area contributed by atoms with Crippen molar-refractivity contribution in [3.05, 3.63) is 24.2 Å². The number of aliphatic imine (C=N–C) groups is 1. The summed E-state index contributed by atoms with van der Waals surface area (Å²) in [5, 5.41) is 3.39. The molecule has 0 aromatic carbocycles. The van der Waals surface area contributed by atoms with Crippen molar-refractivity contribution in [3.63, 3.8) is 0 Å². The Morgan fingerprint density at radius 1 is 1.39 bits per heavy atom. The first-order valence-electron chi connectivity index (χ1n) is 10.0. The molecule has 0 aliphatic carbocycles. The molecule has 3 rings (SSSR count). The summed E-state index contributed by atoms with van der Waals surface area (Å²) >= 11 is 0. The van der Waals surface area contributed by atoms with Crippen LogP contribution in [0.2, 0.25) is 0 Å². The van der Waals surface area contributed by atoms with Gasteiger partial charge in [-0.3, -0.25) is 14.7 Å². The van der Waals surface area contributed by atoms with Gasteiger partial charge in [0.2, 0.25) is 0 Å². The highest BCUT2D eigenvalue weighted by molar-refractivity contribution is 14.0. The van der Waals surface area contributed by atoms with Gasteiger partial charge in [0.15, 0.2) is 5.96 Å². The van der Waals surface area contributed by atoms with Gasteiger partial charge in [0.05, 0.1) is 31.9 Å². The minimum Gasteiger partial charge on any atom is -0.469 e. The molecule has 3 unspecified atom stereocenters. The number of guanidine groups is 1. The molecular formula is C20H33IN4O3.